The first-order valence-corrected chi connectivity index (χ1v) is 7.01. The molecule has 0 bridgehead atoms. The van der Waals surface area contributed by atoms with Crippen LogP contribution in [0.3, 0.4) is 0 Å². The van der Waals surface area contributed by atoms with E-state index in [-0.39, 0.29) is 0 Å². The molecule has 1 N–H and O–H groups in total. The monoisotopic (exact) mass is 297 g/mol. The molecule has 0 aliphatic carbocycles. The van der Waals surface area contributed by atoms with E-state index in [4.69, 9.17) is 23.2 Å². The van der Waals surface area contributed by atoms with Crippen molar-refractivity contribution in [1.82, 2.24) is 14.9 Å². The third-order valence-electron chi connectivity index (χ3n) is 2.89. The maximum atomic E-state index is 5.98. The number of imidazole rings is 1. The largest absolute Gasteiger partial charge is 0.337 e. The highest BCUT2D eigenvalue weighted by Crippen LogP contribution is 2.22. The van der Waals surface area contributed by atoms with Crippen molar-refractivity contribution in [2.45, 2.75) is 20.0 Å². The molecule has 2 aromatic rings. The molecule has 0 fully saturated rings. The van der Waals surface area contributed by atoms with E-state index in [0.29, 0.717) is 16.0 Å². The fourth-order valence-corrected chi connectivity index (χ4v) is 2.25. The van der Waals surface area contributed by atoms with E-state index in [9.17, 15) is 0 Å². The summed E-state index contributed by atoms with van der Waals surface area (Å²) in [6, 6.07) is 5.72. The van der Waals surface area contributed by atoms with Gasteiger partial charge in [0.2, 0.25) is 0 Å². The minimum absolute atomic E-state index is 0.539. The van der Waals surface area contributed by atoms with E-state index in [2.05, 4.69) is 21.8 Å². The summed E-state index contributed by atoms with van der Waals surface area (Å²) < 4.78 is 2.09. The summed E-state index contributed by atoms with van der Waals surface area (Å²) in [6.45, 7) is 4.92. The Morgan fingerprint density at radius 3 is 2.84 bits per heavy atom. The lowest BCUT2D eigenvalue weighted by Crippen LogP contribution is -2.23. The minimum atomic E-state index is 0.539. The summed E-state index contributed by atoms with van der Waals surface area (Å²) in [4.78, 5) is 4.04. The summed E-state index contributed by atoms with van der Waals surface area (Å²) in [5.41, 5.74) is 1.14. The van der Waals surface area contributed by atoms with Crippen LogP contribution < -0.4 is 5.32 Å². The van der Waals surface area contributed by atoms with Crippen molar-refractivity contribution in [1.29, 1.82) is 0 Å². The maximum Gasteiger partial charge on any atom is 0.0946 e. The molecule has 0 spiro atoms. The highest BCUT2D eigenvalue weighted by Gasteiger charge is 2.03. The number of aromatic nitrogens is 2. The highest BCUT2D eigenvalue weighted by atomic mass is 35.5. The maximum absolute atomic E-state index is 5.98. The first-order valence-electron chi connectivity index (χ1n) is 6.25. The molecule has 2 rings (SSSR count). The molecule has 0 aliphatic rings. The van der Waals surface area contributed by atoms with Gasteiger partial charge in [-0.1, -0.05) is 36.2 Å². The van der Waals surface area contributed by atoms with Crippen molar-refractivity contribution in [2.24, 2.45) is 5.92 Å². The molecule has 0 amide bonds. The SMILES string of the molecule is CC(CNCc1ccc(Cl)c(Cl)c1)Cn1ccnc1. The third kappa shape index (κ3) is 4.53. The molecule has 0 saturated heterocycles. The van der Waals surface area contributed by atoms with Gasteiger partial charge in [0.1, 0.15) is 0 Å². The number of rotatable bonds is 6. The van der Waals surface area contributed by atoms with Gasteiger partial charge >= 0.3 is 0 Å². The van der Waals surface area contributed by atoms with Crippen molar-refractivity contribution >= 4 is 23.2 Å². The van der Waals surface area contributed by atoms with Gasteiger partial charge in [-0.2, -0.15) is 0 Å². The van der Waals surface area contributed by atoms with Gasteiger partial charge in [-0.05, 0) is 30.2 Å². The van der Waals surface area contributed by atoms with E-state index >= 15 is 0 Å². The van der Waals surface area contributed by atoms with Crippen LogP contribution in [0, 0.1) is 5.92 Å². The zero-order chi connectivity index (χ0) is 13.7. The molecule has 0 radical (unpaired) electrons. The normalized spacial score (nSPS) is 12.6. The fourth-order valence-electron chi connectivity index (χ4n) is 1.93. The zero-order valence-electron chi connectivity index (χ0n) is 10.8. The van der Waals surface area contributed by atoms with Gasteiger partial charge in [0.15, 0.2) is 0 Å². The molecule has 0 aliphatic heterocycles. The van der Waals surface area contributed by atoms with Gasteiger partial charge in [-0.15, -0.1) is 0 Å². The van der Waals surface area contributed by atoms with Crippen LogP contribution in [0.2, 0.25) is 10.0 Å². The molecule has 5 heteroatoms. The lowest BCUT2D eigenvalue weighted by molar-refractivity contribution is 0.445. The van der Waals surface area contributed by atoms with Crippen molar-refractivity contribution in [3.05, 3.63) is 52.5 Å². The number of hydrogen-bond donors (Lipinski definition) is 1. The number of benzene rings is 1. The van der Waals surface area contributed by atoms with Crippen LogP contribution in [0.4, 0.5) is 0 Å². The number of halogens is 2. The molecule has 1 atom stereocenters. The quantitative estimate of drug-likeness (QED) is 0.883. The summed E-state index contributed by atoms with van der Waals surface area (Å²) in [6.07, 6.45) is 5.63. The molecule has 1 heterocycles. The molecule has 1 aromatic heterocycles. The number of nitrogens with one attached hydrogen (secondary N) is 1. The van der Waals surface area contributed by atoms with Crippen molar-refractivity contribution in [3.63, 3.8) is 0 Å². The van der Waals surface area contributed by atoms with Crippen molar-refractivity contribution in [2.75, 3.05) is 6.54 Å². The highest BCUT2D eigenvalue weighted by molar-refractivity contribution is 6.42. The molecule has 19 heavy (non-hydrogen) atoms. The van der Waals surface area contributed by atoms with Gasteiger partial charge in [0.25, 0.3) is 0 Å². The topological polar surface area (TPSA) is 29.9 Å². The van der Waals surface area contributed by atoms with Crippen LogP contribution in [-0.4, -0.2) is 16.1 Å². The van der Waals surface area contributed by atoms with Crippen LogP contribution >= 0.6 is 23.2 Å². The predicted molar refractivity (Wildman–Crippen MR) is 79.6 cm³/mol. The number of hydrogen-bond acceptors (Lipinski definition) is 2. The standard InChI is InChI=1S/C14H17Cl2N3/c1-11(9-19-5-4-17-10-19)7-18-8-12-2-3-13(15)14(16)6-12/h2-6,10-11,18H,7-9H2,1H3. The Kier molecular flexibility index (Phi) is 5.25. The van der Waals surface area contributed by atoms with Crippen molar-refractivity contribution < 1.29 is 0 Å². The third-order valence-corrected chi connectivity index (χ3v) is 3.63. The molecule has 102 valence electrons. The Morgan fingerprint density at radius 2 is 2.16 bits per heavy atom. The first kappa shape index (κ1) is 14.4. The molecule has 1 aromatic carbocycles. The van der Waals surface area contributed by atoms with E-state index < -0.39 is 0 Å². The fraction of sp³-hybridized carbons (Fsp3) is 0.357. The first-order chi connectivity index (χ1) is 9.15. The summed E-state index contributed by atoms with van der Waals surface area (Å²) in [5.74, 6) is 0.539. The zero-order valence-corrected chi connectivity index (χ0v) is 12.3. The minimum Gasteiger partial charge on any atom is -0.337 e. The average Bonchev–Trinajstić information content (AvgIpc) is 2.86. The van der Waals surface area contributed by atoms with E-state index in [1.165, 1.54) is 0 Å². The Hall–Kier alpha value is -1.03. The number of nitrogens with zero attached hydrogens (tertiary/aromatic N) is 2. The summed E-state index contributed by atoms with van der Waals surface area (Å²) in [7, 11) is 0. The van der Waals surface area contributed by atoms with Crippen LogP contribution in [0.25, 0.3) is 0 Å². The van der Waals surface area contributed by atoms with E-state index in [1.54, 1.807) is 6.20 Å². The Labute approximate surface area is 123 Å². The Morgan fingerprint density at radius 1 is 1.32 bits per heavy atom. The van der Waals surface area contributed by atoms with E-state index in [0.717, 1.165) is 25.2 Å². The second-order valence-corrected chi connectivity index (χ2v) is 5.56. The second kappa shape index (κ2) is 6.94. The van der Waals surface area contributed by atoms with E-state index in [1.807, 2.05) is 30.7 Å². The molecular formula is C14H17Cl2N3. The second-order valence-electron chi connectivity index (χ2n) is 4.74. The van der Waals surface area contributed by atoms with Gasteiger partial charge < -0.3 is 9.88 Å². The van der Waals surface area contributed by atoms with Crippen LogP contribution in [0.5, 0.6) is 0 Å². The molecule has 1 unspecified atom stereocenters. The molecular weight excluding hydrogens is 281 g/mol. The predicted octanol–water partition coefficient (Wildman–Crippen LogP) is 3.62. The Bertz CT molecular complexity index is 511. The summed E-state index contributed by atoms with van der Waals surface area (Å²) >= 11 is 11.9. The molecule has 3 nitrogen and oxygen atoms in total. The lowest BCUT2D eigenvalue weighted by Gasteiger charge is -2.13. The average molecular weight is 298 g/mol. The smallest absolute Gasteiger partial charge is 0.0946 e. The lowest BCUT2D eigenvalue weighted by atomic mass is 10.1. The van der Waals surface area contributed by atoms with Crippen molar-refractivity contribution in [3.8, 4) is 0 Å². The van der Waals surface area contributed by atoms with Gasteiger partial charge in [-0.25, -0.2) is 4.98 Å². The van der Waals surface area contributed by atoms with Gasteiger partial charge in [0.05, 0.1) is 16.4 Å². The van der Waals surface area contributed by atoms with Gasteiger partial charge in [-0.3, -0.25) is 0 Å². The molecule has 0 saturated carbocycles. The van der Waals surface area contributed by atoms with Gasteiger partial charge in [0, 0.05) is 25.5 Å². The van der Waals surface area contributed by atoms with Crippen LogP contribution in [0.1, 0.15) is 12.5 Å². The Balaban J connectivity index is 1.75. The van der Waals surface area contributed by atoms with Crippen LogP contribution in [-0.2, 0) is 13.1 Å². The van der Waals surface area contributed by atoms with Crippen LogP contribution in [0.15, 0.2) is 36.9 Å². The summed E-state index contributed by atoms with van der Waals surface area (Å²) in [5, 5.41) is 4.63.